The van der Waals surface area contributed by atoms with Crippen LogP contribution in [-0.2, 0) is 15.3 Å². The summed E-state index contributed by atoms with van der Waals surface area (Å²) in [6, 6.07) is 33.4. The lowest BCUT2D eigenvalue weighted by Gasteiger charge is -2.41. The van der Waals surface area contributed by atoms with Crippen LogP contribution in [0.25, 0.3) is 5.57 Å². The minimum absolute atomic E-state index is 0.159. The third-order valence-electron chi connectivity index (χ3n) is 7.28. The van der Waals surface area contributed by atoms with Gasteiger partial charge in [0.05, 0.1) is 15.2 Å². The van der Waals surface area contributed by atoms with Crippen molar-refractivity contribution in [1.29, 1.82) is 0 Å². The SMILES string of the molecule is CCCCC1(c2ccccc2)C(=O)c2ccccc2C(c2ccccc2)=C1S(=O)(=O)c1ccc(C)cc1. The van der Waals surface area contributed by atoms with Crippen LogP contribution in [-0.4, -0.2) is 14.2 Å². The van der Waals surface area contributed by atoms with E-state index in [1.807, 2.05) is 104 Å². The third kappa shape index (κ3) is 4.15. The molecule has 0 bridgehead atoms. The molecule has 4 aromatic rings. The van der Waals surface area contributed by atoms with Crippen LogP contribution in [0.15, 0.2) is 119 Å². The molecule has 37 heavy (non-hydrogen) atoms. The molecule has 4 aromatic carbocycles. The smallest absolute Gasteiger partial charge is 0.204 e. The number of aryl methyl sites for hydroxylation is 1. The Morgan fingerprint density at radius 3 is 1.89 bits per heavy atom. The van der Waals surface area contributed by atoms with Gasteiger partial charge in [0, 0.05) is 11.1 Å². The monoisotopic (exact) mass is 506 g/mol. The van der Waals surface area contributed by atoms with E-state index in [1.54, 1.807) is 12.1 Å². The van der Waals surface area contributed by atoms with Gasteiger partial charge in [-0.1, -0.05) is 122 Å². The fraction of sp³-hybridized carbons (Fsp3) is 0.182. The van der Waals surface area contributed by atoms with E-state index >= 15 is 0 Å². The van der Waals surface area contributed by atoms with E-state index in [1.165, 1.54) is 0 Å². The van der Waals surface area contributed by atoms with Crippen LogP contribution in [0.4, 0.5) is 0 Å². The number of hydrogen-bond donors (Lipinski definition) is 0. The van der Waals surface area contributed by atoms with Gasteiger partial charge in [-0.15, -0.1) is 0 Å². The number of carbonyl (C=O) groups excluding carboxylic acids is 1. The van der Waals surface area contributed by atoms with Crippen molar-refractivity contribution in [2.45, 2.75) is 43.4 Å². The van der Waals surface area contributed by atoms with Crippen molar-refractivity contribution in [1.82, 2.24) is 0 Å². The second-order valence-corrected chi connectivity index (χ2v) is 11.5. The maximum Gasteiger partial charge on any atom is 0.204 e. The highest BCUT2D eigenvalue weighted by atomic mass is 32.2. The molecule has 3 nitrogen and oxygen atoms in total. The maximum atomic E-state index is 14.8. The molecule has 1 aliphatic rings. The summed E-state index contributed by atoms with van der Waals surface area (Å²) in [5.74, 6) is -0.159. The van der Waals surface area contributed by atoms with Gasteiger partial charge in [-0.2, -0.15) is 0 Å². The molecule has 1 aliphatic carbocycles. The van der Waals surface area contributed by atoms with E-state index in [-0.39, 0.29) is 15.6 Å². The number of benzene rings is 4. The van der Waals surface area contributed by atoms with E-state index in [9.17, 15) is 13.2 Å². The van der Waals surface area contributed by atoms with Crippen LogP contribution in [0.3, 0.4) is 0 Å². The Balaban J connectivity index is 2.00. The Kier molecular flexibility index (Phi) is 6.70. The lowest BCUT2D eigenvalue weighted by atomic mass is 9.65. The van der Waals surface area contributed by atoms with Gasteiger partial charge in [0.1, 0.15) is 0 Å². The second-order valence-electron chi connectivity index (χ2n) is 9.64. The average molecular weight is 507 g/mol. The predicted octanol–water partition coefficient (Wildman–Crippen LogP) is 7.55. The Morgan fingerprint density at radius 2 is 1.27 bits per heavy atom. The summed E-state index contributed by atoms with van der Waals surface area (Å²) in [7, 11) is -4.08. The Hall–Kier alpha value is -3.76. The first-order valence-electron chi connectivity index (χ1n) is 12.7. The molecule has 0 amide bonds. The number of unbranched alkanes of at least 4 members (excludes halogenated alkanes) is 1. The molecule has 1 atom stereocenters. The highest BCUT2D eigenvalue weighted by Crippen LogP contribution is 2.53. The van der Waals surface area contributed by atoms with Gasteiger partial charge in [0.2, 0.25) is 9.84 Å². The van der Waals surface area contributed by atoms with Crippen molar-refractivity contribution in [2.24, 2.45) is 0 Å². The summed E-state index contributed by atoms with van der Waals surface area (Å²) >= 11 is 0. The van der Waals surface area contributed by atoms with Crippen LogP contribution < -0.4 is 0 Å². The van der Waals surface area contributed by atoms with Crippen LogP contribution in [0, 0.1) is 6.92 Å². The number of Topliss-reactive ketones (excluding diaryl/α,β-unsaturated/α-hetero) is 1. The molecule has 0 fully saturated rings. The number of carbonyl (C=O) groups is 1. The molecule has 5 rings (SSSR count). The summed E-state index contributed by atoms with van der Waals surface area (Å²) in [6.07, 6.45) is 1.94. The second kappa shape index (κ2) is 9.95. The minimum atomic E-state index is -4.08. The van der Waals surface area contributed by atoms with Crippen LogP contribution >= 0.6 is 0 Å². The average Bonchev–Trinajstić information content (AvgIpc) is 2.94. The van der Waals surface area contributed by atoms with Gasteiger partial charge in [0.25, 0.3) is 0 Å². The molecule has 0 spiro atoms. The van der Waals surface area contributed by atoms with Crippen molar-refractivity contribution in [3.63, 3.8) is 0 Å². The number of rotatable bonds is 7. The van der Waals surface area contributed by atoms with E-state index in [4.69, 9.17) is 0 Å². The topological polar surface area (TPSA) is 51.2 Å². The highest BCUT2D eigenvalue weighted by Gasteiger charge is 2.53. The minimum Gasteiger partial charge on any atom is -0.293 e. The summed E-state index contributed by atoms with van der Waals surface area (Å²) < 4.78 is 29.6. The molecule has 0 radical (unpaired) electrons. The number of fused-ring (bicyclic) bond motifs is 1. The zero-order valence-electron chi connectivity index (χ0n) is 21.1. The van der Waals surface area contributed by atoms with Crippen molar-refractivity contribution >= 4 is 21.2 Å². The van der Waals surface area contributed by atoms with Crippen LogP contribution in [0.1, 0.15) is 58.8 Å². The molecule has 0 heterocycles. The predicted molar refractivity (Wildman–Crippen MR) is 149 cm³/mol. The molecular formula is C33H30O3S. The quantitative estimate of drug-likeness (QED) is 0.260. The lowest BCUT2D eigenvalue weighted by molar-refractivity contribution is 0.0901. The number of allylic oxidation sites excluding steroid dienone is 1. The third-order valence-corrected chi connectivity index (χ3v) is 9.26. The molecule has 0 saturated carbocycles. The summed E-state index contributed by atoms with van der Waals surface area (Å²) in [5.41, 5.74) is 2.95. The molecule has 4 heteroatoms. The zero-order valence-corrected chi connectivity index (χ0v) is 22.0. The Bertz CT molecular complexity index is 1570. The summed E-state index contributed by atoms with van der Waals surface area (Å²) in [5, 5.41) is 0. The molecular weight excluding hydrogens is 476 g/mol. The highest BCUT2D eigenvalue weighted by molar-refractivity contribution is 7.95. The summed E-state index contributed by atoms with van der Waals surface area (Å²) in [4.78, 5) is 15.0. The molecule has 0 N–H and O–H groups in total. The molecule has 186 valence electrons. The first kappa shape index (κ1) is 24.9. The lowest BCUT2D eigenvalue weighted by Crippen LogP contribution is -2.44. The molecule has 0 aromatic heterocycles. The van der Waals surface area contributed by atoms with Gasteiger partial charge >= 0.3 is 0 Å². The van der Waals surface area contributed by atoms with E-state index in [2.05, 4.69) is 6.92 Å². The largest absolute Gasteiger partial charge is 0.293 e. The van der Waals surface area contributed by atoms with Crippen molar-refractivity contribution in [3.05, 3.63) is 142 Å². The zero-order chi connectivity index (χ0) is 26.0. The van der Waals surface area contributed by atoms with Gasteiger partial charge < -0.3 is 0 Å². The maximum absolute atomic E-state index is 14.8. The molecule has 1 unspecified atom stereocenters. The Morgan fingerprint density at radius 1 is 0.703 bits per heavy atom. The van der Waals surface area contributed by atoms with Crippen LogP contribution in [0.5, 0.6) is 0 Å². The summed E-state index contributed by atoms with van der Waals surface area (Å²) in [6.45, 7) is 4.00. The number of sulfone groups is 1. The molecule has 0 aliphatic heterocycles. The number of hydrogen-bond acceptors (Lipinski definition) is 3. The van der Waals surface area contributed by atoms with Crippen molar-refractivity contribution in [2.75, 3.05) is 0 Å². The fourth-order valence-electron chi connectivity index (χ4n) is 5.46. The van der Waals surface area contributed by atoms with Crippen molar-refractivity contribution in [3.8, 4) is 0 Å². The first-order valence-corrected chi connectivity index (χ1v) is 14.2. The van der Waals surface area contributed by atoms with E-state index in [0.29, 0.717) is 35.1 Å². The number of ketones is 1. The van der Waals surface area contributed by atoms with Gasteiger partial charge in [-0.25, -0.2) is 8.42 Å². The fourth-order valence-corrected chi connectivity index (χ4v) is 7.45. The van der Waals surface area contributed by atoms with Crippen LogP contribution in [0.2, 0.25) is 0 Å². The normalized spacial score (nSPS) is 17.5. The Labute approximate surface area is 219 Å². The standard InChI is InChI=1S/C33H30O3S/c1-3-4-23-33(26-15-9-6-10-16-26)31(34)29-18-12-11-17-28(29)30(25-13-7-5-8-14-25)32(33)37(35,36)27-21-19-24(2)20-22-27/h5-22H,3-4,23H2,1-2H3. The molecule has 0 saturated heterocycles. The van der Waals surface area contributed by atoms with Gasteiger partial charge in [-0.05, 0) is 42.2 Å². The van der Waals surface area contributed by atoms with Crippen molar-refractivity contribution < 1.29 is 13.2 Å². The van der Waals surface area contributed by atoms with Gasteiger partial charge in [0.15, 0.2) is 5.78 Å². The van der Waals surface area contributed by atoms with E-state index < -0.39 is 15.3 Å². The van der Waals surface area contributed by atoms with Gasteiger partial charge in [-0.3, -0.25) is 4.79 Å². The first-order chi connectivity index (χ1) is 17.9. The van der Waals surface area contributed by atoms with E-state index in [0.717, 1.165) is 17.5 Å².